The van der Waals surface area contributed by atoms with E-state index in [1.165, 1.54) is 11.8 Å². The van der Waals surface area contributed by atoms with Gasteiger partial charge in [0.2, 0.25) is 0 Å². The van der Waals surface area contributed by atoms with Gasteiger partial charge < -0.3 is 19.1 Å². The maximum Gasteiger partial charge on any atom is 0.494 e. The lowest BCUT2D eigenvalue weighted by Crippen LogP contribution is -2.42. The second kappa shape index (κ2) is 13.1. The van der Waals surface area contributed by atoms with Gasteiger partial charge in [0.25, 0.3) is 11.5 Å². The van der Waals surface area contributed by atoms with Gasteiger partial charge in [-0.2, -0.15) is 5.10 Å². The normalized spacial score (nSPS) is 19.4. The number of aromatic amines is 1. The predicted molar refractivity (Wildman–Crippen MR) is 189 cm³/mol. The van der Waals surface area contributed by atoms with E-state index < -0.39 is 5.82 Å². The molecule has 8 nitrogen and oxygen atoms in total. The summed E-state index contributed by atoms with van der Waals surface area (Å²) in [7, 11) is -0.378. The van der Waals surface area contributed by atoms with E-state index in [0.717, 1.165) is 48.8 Å². The average Bonchev–Trinajstić information content (AvgIpc) is 3.60. The highest BCUT2D eigenvalue weighted by molar-refractivity contribution is 6.62. The van der Waals surface area contributed by atoms with Crippen LogP contribution in [0.1, 0.15) is 82.4 Å². The number of nitrogens with one attached hydrogen (secondary N) is 1. The molecule has 10 heteroatoms. The van der Waals surface area contributed by atoms with Gasteiger partial charge in [0, 0.05) is 43.7 Å². The molecule has 3 aliphatic rings. The molecular formula is C38H46BFN4O4. The molecule has 3 saturated heterocycles. The molecule has 4 aromatic rings. The predicted octanol–water partition coefficient (Wildman–Crippen LogP) is 6.11. The molecule has 3 fully saturated rings. The molecule has 0 saturated carbocycles. The highest BCUT2D eigenvalue weighted by Gasteiger charge is 2.51. The van der Waals surface area contributed by atoms with Crippen LogP contribution in [0.2, 0.25) is 0 Å². The summed E-state index contributed by atoms with van der Waals surface area (Å²) in [6.07, 6.45) is 3.24. The first-order valence-corrected chi connectivity index (χ1v) is 17.2. The maximum atomic E-state index is 15.1. The molecule has 0 radical (unpaired) electrons. The monoisotopic (exact) mass is 652 g/mol. The first-order chi connectivity index (χ1) is 22.9. The fourth-order valence-electron chi connectivity index (χ4n) is 7.09. The lowest BCUT2D eigenvalue weighted by atomic mass is 9.77. The van der Waals surface area contributed by atoms with Crippen molar-refractivity contribution in [2.45, 2.75) is 78.4 Å². The molecule has 7 rings (SSSR count). The number of anilines is 1. The standard InChI is InChI=1S/C36H40BFN4O4.C2H6/c1-34(2)35(3,4)46-37(45-34)25-10-12-26(13-11-25)41-18-15-36(16-19-41)17-20-42(23-36)33(44)29-21-24(9-14-30(29)38)22-31-27-7-5-6-8-28(27)32(43)40-39-31;1-2/h5-14,21H,15-20,22-23H2,1-4H3,(H,40,43);1-2H3. The van der Waals surface area contributed by atoms with E-state index in [2.05, 4.69) is 67.1 Å². The Kier molecular flexibility index (Phi) is 9.26. The minimum atomic E-state index is -0.521. The van der Waals surface area contributed by atoms with E-state index >= 15 is 4.39 Å². The van der Waals surface area contributed by atoms with E-state index in [-0.39, 0.29) is 40.8 Å². The smallest absolute Gasteiger partial charge is 0.399 e. The van der Waals surface area contributed by atoms with Crippen molar-refractivity contribution in [3.8, 4) is 0 Å². The first-order valence-electron chi connectivity index (χ1n) is 17.2. The molecule has 1 spiro atoms. The number of carbonyl (C=O) groups excluding carboxylic acids is 1. The topological polar surface area (TPSA) is 87.8 Å². The van der Waals surface area contributed by atoms with Crippen LogP contribution >= 0.6 is 0 Å². The van der Waals surface area contributed by atoms with Crippen LogP contribution in [0.5, 0.6) is 0 Å². The summed E-state index contributed by atoms with van der Waals surface area (Å²) in [6, 6.07) is 20.4. The number of H-pyrrole nitrogens is 1. The Morgan fingerprint density at radius 2 is 1.52 bits per heavy atom. The van der Waals surface area contributed by atoms with Gasteiger partial charge in [0.1, 0.15) is 5.82 Å². The number of fused-ring (bicyclic) bond motifs is 1. The first kappa shape index (κ1) is 33.9. The minimum Gasteiger partial charge on any atom is -0.399 e. The number of amides is 1. The zero-order valence-corrected chi connectivity index (χ0v) is 28.9. The number of aromatic nitrogens is 2. The Balaban J connectivity index is 0.00000197. The average molecular weight is 653 g/mol. The van der Waals surface area contributed by atoms with Crippen molar-refractivity contribution in [1.29, 1.82) is 0 Å². The zero-order valence-electron chi connectivity index (χ0n) is 28.9. The number of carbonyl (C=O) groups is 1. The van der Waals surface area contributed by atoms with Crippen molar-refractivity contribution in [2.75, 3.05) is 31.1 Å². The van der Waals surface area contributed by atoms with Crippen molar-refractivity contribution in [3.63, 3.8) is 0 Å². The molecule has 0 bridgehead atoms. The van der Waals surface area contributed by atoms with Gasteiger partial charge in [-0.3, -0.25) is 9.59 Å². The Bertz CT molecular complexity index is 1830. The lowest BCUT2D eigenvalue weighted by Gasteiger charge is -2.40. The summed E-state index contributed by atoms with van der Waals surface area (Å²) >= 11 is 0. The molecule has 252 valence electrons. The SMILES string of the molecule is CC.CC1(C)OB(c2ccc(N3CCC4(CCN(C(=O)c5cc(Cc6n[nH]c(=O)c7ccccc67)ccc5F)C4)CC3)cc2)OC1(C)C. The molecule has 3 aromatic carbocycles. The summed E-state index contributed by atoms with van der Waals surface area (Å²) in [5.74, 6) is -0.788. The van der Waals surface area contributed by atoms with Crippen LogP contribution < -0.4 is 15.9 Å². The van der Waals surface area contributed by atoms with Gasteiger partial charge in [-0.05, 0) is 93.7 Å². The van der Waals surface area contributed by atoms with Crippen molar-refractivity contribution in [2.24, 2.45) is 5.41 Å². The molecule has 0 aliphatic carbocycles. The number of hydrogen-bond acceptors (Lipinski definition) is 6. The van der Waals surface area contributed by atoms with E-state index in [9.17, 15) is 9.59 Å². The van der Waals surface area contributed by atoms with Crippen molar-refractivity contribution < 1.29 is 18.5 Å². The second-order valence-electron chi connectivity index (χ2n) is 14.2. The van der Waals surface area contributed by atoms with Crippen LogP contribution in [0.3, 0.4) is 0 Å². The van der Waals surface area contributed by atoms with Crippen molar-refractivity contribution in [1.82, 2.24) is 15.1 Å². The van der Waals surface area contributed by atoms with Crippen LogP contribution in [0.25, 0.3) is 10.8 Å². The van der Waals surface area contributed by atoms with E-state index in [0.29, 0.717) is 30.6 Å². The number of rotatable bonds is 5. The molecule has 3 aliphatic heterocycles. The fraction of sp³-hybridized carbons (Fsp3) is 0.447. The molecule has 1 amide bonds. The Hall–Kier alpha value is -4.02. The van der Waals surface area contributed by atoms with Gasteiger partial charge in [-0.25, -0.2) is 9.49 Å². The Labute approximate surface area is 282 Å². The minimum absolute atomic E-state index is 0.0433. The van der Waals surface area contributed by atoms with Crippen LogP contribution in [0.4, 0.5) is 10.1 Å². The van der Waals surface area contributed by atoms with Crippen LogP contribution in [0, 0.1) is 11.2 Å². The molecular weight excluding hydrogens is 606 g/mol. The van der Waals surface area contributed by atoms with Gasteiger partial charge in [0.05, 0.1) is 27.8 Å². The molecule has 0 atom stereocenters. The Morgan fingerprint density at radius 3 is 2.19 bits per heavy atom. The van der Waals surface area contributed by atoms with Crippen molar-refractivity contribution >= 4 is 34.9 Å². The van der Waals surface area contributed by atoms with E-state index in [1.54, 1.807) is 18.2 Å². The third-order valence-corrected chi connectivity index (χ3v) is 10.7. The molecule has 1 N–H and O–H groups in total. The van der Waals surface area contributed by atoms with Gasteiger partial charge >= 0.3 is 7.12 Å². The summed E-state index contributed by atoms with van der Waals surface area (Å²) in [4.78, 5) is 30.1. The number of hydrogen-bond donors (Lipinski definition) is 1. The van der Waals surface area contributed by atoms with Gasteiger partial charge in [-0.15, -0.1) is 0 Å². The third kappa shape index (κ3) is 6.40. The second-order valence-corrected chi connectivity index (χ2v) is 14.2. The Morgan fingerprint density at radius 1 is 0.896 bits per heavy atom. The molecule has 1 aromatic heterocycles. The summed E-state index contributed by atoms with van der Waals surface area (Å²) in [5.41, 5.74) is 2.75. The third-order valence-electron chi connectivity index (χ3n) is 10.7. The van der Waals surface area contributed by atoms with E-state index in [4.69, 9.17) is 9.31 Å². The number of benzene rings is 3. The number of halogens is 1. The van der Waals surface area contributed by atoms with Crippen LogP contribution in [-0.2, 0) is 15.7 Å². The highest BCUT2D eigenvalue weighted by atomic mass is 19.1. The van der Waals surface area contributed by atoms with Crippen molar-refractivity contribution in [3.05, 3.63) is 99.7 Å². The molecule has 4 heterocycles. The van der Waals surface area contributed by atoms with Gasteiger partial charge in [-0.1, -0.05) is 50.2 Å². The fourth-order valence-corrected chi connectivity index (χ4v) is 7.09. The summed E-state index contributed by atoms with van der Waals surface area (Å²) in [6.45, 7) is 15.3. The maximum absolute atomic E-state index is 15.1. The van der Waals surface area contributed by atoms with E-state index in [1.807, 2.05) is 36.9 Å². The summed E-state index contributed by atoms with van der Waals surface area (Å²) < 4.78 is 27.5. The lowest BCUT2D eigenvalue weighted by molar-refractivity contribution is 0.00578. The molecule has 0 unspecified atom stereocenters. The van der Waals surface area contributed by atoms with Crippen LogP contribution in [-0.4, -0.2) is 65.5 Å². The molecule has 48 heavy (non-hydrogen) atoms. The zero-order chi connectivity index (χ0) is 34.3. The van der Waals surface area contributed by atoms with Gasteiger partial charge in [0.15, 0.2) is 0 Å². The number of likely N-dealkylation sites (tertiary alicyclic amines) is 1. The largest absolute Gasteiger partial charge is 0.494 e. The number of piperidine rings is 1. The summed E-state index contributed by atoms with van der Waals surface area (Å²) in [5, 5.41) is 8.11. The quantitative estimate of drug-likeness (QED) is 0.262. The number of nitrogens with zero attached hydrogens (tertiary/aromatic N) is 3. The van der Waals surface area contributed by atoms with Crippen LogP contribution in [0.15, 0.2) is 71.5 Å². The highest BCUT2D eigenvalue weighted by Crippen LogP contribution is 2.42.